The van der Waals surface area contributed by atoms with Crippen molar-refractivity contribution in [1.82, 2.24) is 16.0 Å². The van der Waals surface area contributed by atoms with Crippen molar-refractivity contribution >= 4 is 23.5 Å². The molecule has 2 aromatic rings. The first-order valence-corrected chi connectivity index (χ1v) is 16.3. The lowest BCUT2D eigenvalue weighted by Crippen LogP contribution is -2.59. The lowest BCUT2D eigenvalue weighted by molar-refractivity contribution is -0.135. The molecular weight excluding hydrogens is 584 g/mol. The Labute approximate surface area is 270 Å². The molecule has 11 heteroatoms. The van der Waals surface area contributed by atoms with Gasteiger partial charge < -0.3 is 20.7 Å². The van der Waals surface area contributed by atoms with Crippen molar-refractivity contribution < 1.29 is 23.9 Å². The van der Waals surface area contributed by atoms with E-state index in [9.17, 15) is 24.7 Å². The Morgan fingerprint density at radius 3 is 1.96 bits per heavy atom. The largest absolute Gasteiger partial charge is 0.361 e. The number of Topliss-reactive ketones (excluding diaryl/α,β-unsaturated/α-hetero) is 1. The highest BCUT2D eigenvalue weighted by molar-refractivity contribution is 5.98. The lowest BCUT2D eigenvalue weighted by atomic mass is 9.83. The van der Waals surface area contributed by atoms with Crippen LogP contribution in [0.3, 0.4) is 0 Å². The van der Waals surface area contributed by atoms with Crippen LogP contribution in [0.4, 0.5) is 0 Å². The number of benzene rings is 2. The summed E-state index contributed by atoms with van der Waals surface area (Å²) in [5, 5.41) is 12.5. The average Bonchev–Trinajstić information content (AvgIpc) is 3.81. The van der Waals surface area contributed by atoms with E-state index < -0.39 is 47.5 Å². The van der Waals surface area contributed by atoms with Crippen molar-refractivity contribution in [2.75, 3.05) is 6.61 Å². The number of hydrogen-bond donors (Lipinski definition) is 3. The quantitative estimate of drug-likeness (QED) is 0.107. The Bertz CT molecular complexity index is 1380. The Morgan fingerprint density at radius 2 is 1.41 bits per heavy atom. The molecule has 0 radical (unpaired) electrons. The van der Waals surface area contributed by atoms with E-state index in [1.165, 1.54) is 0 Å². The third-order valence-corrected chi connectivity index (χ3v) is 8.82. The number of carbonyl (C=O) groups excluding carboxylic acids is 4. The minimum absolute atomic E-state index is 0.129. The Hall–Kier alpha value is -4.21. The van der Waals surface area contributed by atoms with Gasteiger partial charge in [0.2, 0.25) is 17.7 Å². The maximum absolute atomic E-state index is 14.1. The second-order valence-corrected chi connectivity index (χ2v) is 13.1. The molecule has 0 unspecified atom stereocenters. The molecule has 11 nitrogen and oxygen atoms in total. The molecule has 1 aliphatic heterocycles. The topological polar surface area (TPSA) is 166 Å². The normalized spacial score (nSPS) is 20.3. The van der Waals surface area contributed by atoms with Gasteiger partial charge in [-0.2, -0.15) is 0 Å². The fraction of sp³-hybridized carbons (Fsp3) is 0.543. The fourth-order valence-electron chi connectivity index (χ4n) is 6.11. The van der Waals surface area contributed by atoms with Crippen molar-refractivity contribution in [2.45, 2.75) is 102 Å². The Kier molecular flexibility index (Phi) is 12.3. The van der Waals surface area contributed by atoms with E-state index in [0.29, 0.717) is 13.0 Å². The van der Waals surface area contributed by atoms with Crippen LogP contribution in [-0.4, -0.2) is 59.9 Å². The number of azide groups is 1. The van der Waals surface area contributed by atoms with Crippen LogP contribution in [0.5, 0.6) is 0 Å². The molecule has 2 aliphatic rings. The molecule has 246 valence electrons. The van der Waals surface area contributed by atoms with Gasteiger partial charge in [-0.3, -0.25) is 19.2 Å². The SMILES string of the molecule is CC(C)C[C@H](NC(=O)[C@H](Cc1ccccc1)NC(=O)[C@@H](NC(=O)[C@H](Cc1ccccc1)N=[N+]=[N-])C1CCCCC1)C(=O)[C@@]1(C)CO1. The van der Waals surface area contributed by atoms with E-state index in [0.717, 1.165) is 43.2 Å². The summed E-state index contributed by atoms with van der Waals surface area (Å²) in [5.41, 5.74) is 9.96. The van der Waals surface area contributed by atoms with E-state index in [4.69, 9.17) is 4.74 Å². The van der Waals surface area contributed by atoms with E-state index in [-0.39, 0.29) is 30.5 Å². The summed E-state index contributed by atoms with van der Waals surface area (Å²) in [6.45, 7) is 5.98. The molecule has 46 heavy (non-hydrogen) atoms. The van der Waals surface area contributed by atoms with Crippen LogP contribution in [0.1, 0.15) is 70.4 Å². The van der Waals surface area contributed by atoms with Crippen LogP contribution in [-0.2, 0) is 36.8 Å². The summed E-state index contributed by atoms with van der Waals surface area (Å²) in [6, 6.07) is 14.8. The molecule has 1 heterocycles. The number of epoxide rings is 1. The van der Waals surface area contributed by atoms with Gasteiger partial charge in [0, 0.05) is 11.3 Å². The zero-order valence-corrected chi connectivity index (χ0v) is 27.0. The van der Waals surface area contributed by atoms with Crippen LogP contribution in [0, 0.1) is 11.8 Å². The van der Waals surface area contributed by atoms with Gasteiger partial charge in [-0.25, -0.2) is 0 Å². The summed E-state index contributed by atoms with van der Waals surface area (Å²) in [4.78, 5) is 57.7. The summed E-state index contributed by atoms with van der Waals surface area (Å²) in [7, 11) is 0. The van der Waals surface area contributed by atoms with Gasteiger partial charge in [0.1, 0.15) is 23.7 Å². The van der Waals surface area contributed by atoms with Gasteiger partial charge in [-0.15, -0.1) is 0 Å². The zero-order valence-electron chi connectivity index (χ0n) is 27.0. The summed E-state index contributed by atoms with van der Waals surface area (Å²) < 4.78 is 5.39. The minimum atomic E-state index is -1.05. The van der Waals surface area contributed by atoms with Crippen LogP contribution in [0.15, 0.2) is 65.8 Å². The molecule has 1 saturated heterocycles. The van der Waals surface area contributed by atoms with Gasteiger partial charge in [0.15, 0.2) is 5.78 Å². The minimum Gasteiger partial charge on any atom is -0.361 e. The van der Waals surface area contributed by atoms with Crippen molar-refractivity contribution in [3.63, 3.8) is 0 Å². The second kappa shape index (κ2) is 16.4. The predicted molar refractivity (Wildman–Crippen MR) is 174 cm³/mol. The average molecular weight is 631 g/mol. The highest BCUT2D eigenvalue weighted by atomic mass is 16.6. The first-order chi connectivity index (χ1) is 22.1. The number of nitrogens with zero attached hydrogens (tertiary/aromatic N) is 3. The smallest absolute Gasteiger partial charge is 0.243 e. The first-order valence-electron chi connectivity index (χ1n) is 16.3. The third-order valence-electron chi connectivity index (χ3n) is 8.82. The number of hydrogen-bond acceptors (Lipinski definition) is 6. The molecule has 3 N–H and O–H groups in total. The maximum atomic E-state index is 14.1. The molecule has 4 rings (SSSR count). The molecular formula is C35H46N6O5. The van der Waals surface area contributed by atoms with E-state index >= 15 is 0 Å². The highest BCUT2D eigenvalue weighted by Gasteiger charge is 2.50. The molecule has 2 aromatic carbocycles. The van der Waals surface area contributed by atoms with Gasteiger partial charge >= 0.3 is 0 Å². The van der Waals surface area contributed by atoms with Crippen molar-refractivity contribution in [3.8, 4) is 0 Å². The van der Waals surface area contributed by atoms with Crippen molar-refractivity contribution in [2.24, 2.45) is 17.0 Å². The van der Waals surface area contributed by atoms with Crippen molar-refractivity contribution in [3.05, 3.63) is 82.2 Å². The maximum Gasteiger partial charge on any atom is 0.243 e. The standard InChI is InChI=1S/C35H46N6O5/c1-23(2)19-27(31(42)35(3)22-46-35)37-32(43)28(20-24-13-7-4-8-14-24)38-34(45)30(26-17-11-6-12-18-26)39-33(44)29(40-41-36)21-25-15-9-5-10-16-25/h4-5,7-10,13-16,23,26-30H,6,11-12,17-22H2,1-3H3,(H,37,43)(H,38,45)(H,39,44)/t27-,28-,29-,30-,35+/m0/s1. The molecule has 0 aromatic heterocycles. The summed E-state index contributed by atoms with van der Waals surface area (Å²) in [5.74, 6) is -1.72. The van der Waals surface area contributed by atoms with Gasteiger partial charge in [0.25, 0.3) is 0 Å². The Balaban J connectivity index is 1.56. The Morgan fingerprint density at radius 1 is 0.848 bits per heavy atom. The number of amides is 3. The molecule has 5 atom stereocenters. The second-order valence-electron chi connectivity index (χ2n) is 13.1. The number of ketones is 1. The fourth-order valence-corrected chi connectivity index (χ4v) is 6.11. The summed E-state index contributed by atoms with van der Waals surface area (Å²) >= 11 is 0. The van der Waals surface area contributed by atoms with E-state index in [1.54, 1.807) is 6.92 Å². The molecule has 1 aliphatic carbocycles. The molecule has 3 amide bonds. The van der Waals surface area contributed by atoms with Crippen LogP contribution >= 0.6 is 0 Å². The van der Waals surface area contributed by atoms with Crippen LogP contribution < -0.4 is 16.0 Å². The highest BCUT2D eigenvalue weighted by Crippen LogP contribution is 2.30. The molecule has 0 spiro atoms. The van der Waals surface area contributed by atoms with Gasteiger partial charge in [-0.05, 0) is 61.1 Å². The number of ether oxygens (including phenoxy) is 1. The van der Waals surface area contributed by atoms with Gasteiger partial charge in [-0.1, -0.05) is 98.9 Å². The number of nitrogens with one attached hydrogen (secondary N) is 3. The molecule has 0 bridgehead atoms. The number of carbonyl (C=O) groups is 4. The van der Waals surface area contributed by atoms with Crippen LogP contribution in [0.2, 0.25) is 0 Å². The number of rotatable bonds is 16. The molecule has 2 fully saturated rings. The monoisotopic (exact) mass is 630 g/mol. The lowest BCUT2D eigenvalue weighted by Gasteiger charge is -2.32. The van der Waals surface area contributed by atoms with Crippen LogP contribution in [0.25, 0.3) is 10.4 Å². The molecule has 1 saturated carbocycles. The third kappa shape index (κ3) is 9.89. The zero-order chi connectivity index (χ0) is 33.1. The van der Waals surface area contributed by atoms with E-state index in [2.05, 4.69) is 26.0 Å². The first kappa shape index (κ1) is 34.7. The van der Waals surface area contributed by atoms with Crippen molar-refractivity contribution in [1.29, 1.82) is 0 Å². The van der Waals surface area contributed by atoms with E-state index in [1.807, 2.05) is 74.5 Å². The summed E-state index contributed by atoms with van der Waals surface area (Å²) in [6.07, 6.45) is 5.16. The predicted octanol–water partition coefficient (Wildman–Crippen LogP) is 4.59. The van der Waals surface area contributed by atoms with Gasteiger partial charge in [0.05, 0.1) is 12.6 Å².